The van der Waals surface area contributed by atoms with Gasteiger partial charge in [0.2, 0.25) is 0 Å². The summed E-state index contributed by atoms with van der Waals surface area (Å²) in [5, 5.41) is 18.4. The van der Waals surface area contributed by atoms with Crippen molar-refractivity contribution in [2.24, 2.45) is 0 Å². The lowest BCUT2D eigenvalue weighted by Gasteiger charge is -2.36. The van der Waals surface area contributed by atoms with E-state index in [0.717, 1.165) is 53.9 Å². The molecule has 3 rings (SSSR count). The first-order valence-electron chi connectivity index (χ1n) is 8.31. The predicted octanol–water partition coefficient (Wildman–Crippen LogP) is 4.27. The highest BCUT2D eigenvalue weighted by Gasteiger charge is 2.28. The second-order valence-corrected chi connectivity index (χ2v) is 6.02. The summed E-state index contributed by atoms with van der Waals surface area (Å²) in [6.45, 7) is 0.832. The van der Waals surface area contributed by atoms with Crippen LogP contribution in [0.15, 0.2) is 53.8 Å². The van der Waals surface area contributed by atoms with Crippen molar-refractivity contribution in [3.63, 3.8) is 0 Å². The fraction of sp³-hybridized carbons (Fsp3) is 0.300. The lowest BCUT2D eigenvalue weighted by atomic mass is 9.88. The van der Waals surface area contributed by atoms with E-state index < -0.39 is 5.97 Å². The van der Waals surface area contributed by atoms with Crippen LogP contribution in [0.4, 0.5) is 5.69 Å². The number of hydrogen-bond donors (Lipinski definition) is 1. The minimum Gasteiger partial charge on any atom is -0.481 e. The van der Waals surface area contributed by atoms with Gasteiger partial charge < -0.3 is 10.0 Å². The van der Waals surface area contributed by atoms with Gasteiger partial charge in [0.25, 0.3) is 0 Å². The number of carbonyl (C=O) groups is 1. The monoisotopic (exact) mass is 320 g/mol. The first-order chi connectivity index (χ1) is 11.7. The molecular weight excluding hydrogens is 300 g/mol. The summed E-state index contributed by atoms with van der Waals surface area (Å²) in [4.78, 5) is 12.9. The quantitative estimate of drug-likeness (QED) is 0.795. The molecule has 0 aromatic heterocycles. The minimum atomic E-state index is -0.734. The van der Waals surface area contributed by atoms with Crippen molar-refractivity contribution in [3.8, 4) is 6.07 Å². The molecule has 0 saturated carbocycles. The van der Waals surface area contributed by atoms with Crippen molar-refractivity contribution in [3.05, 3.63) is 59.3 Å². The van der Waals surface area contributed by atoms with Crippen LogP contribution in [0.25, 0.3) is 5.57 Å². The predicted molar refractivity (Wildman–Crippen MR) is 94.3 cm³/mol. The maximum atomic E-state index is 10.6. The summed E-state index contributed by atoms with van der Waals surface area (Å²) in [6.07, 6.45) is 9.72. The van der Waals surface area contributed by atoms with Crippen LogP contribution >= 0.6 is 0 Å². The maximum Gasteiger partial charge on any atom is 0.303 e. The maximum absolute atomic E-state index is 10.6. The molecule has 0 unspecified atom stereocenters. The Labute approximate surface area is 142 Å². The number of unbranched alkanes of at least 4 members (excludes halogenated alkanes) is 2. The van der Waals surface area contributed by atoms with Crippen molar-refractivity contribution < 1.29 is 9.90 Å². The third-order valence-electron chi connectivity index (χ3n) is 4.46. The lowest BCUT2D eigenvalue weighted by Crippen LogP contribution is -2.29. The summed E-state index contributed by atoms with van der Waals surface area (Å²) in [5.41, 5.74) is 5.02. The number of anilines is 1. The molecule has 1 aliphatic heterocycles. The highest BCUT2D eigenvalue weighted by molar-refractivity contribution is 5.93. The van der Waals surface area contributed by atoms with Gasteiger partial charge in [-0.15, -0.1) is 0 Å². The Hall–Kier alpha value is -2.80. The second-order valence-electron chi connectivity index (χ2n) is 6.02. The largest absolute Gasteiger partial charge is 0.481 e. The van der Waals surface area contributed by atoms with Crippen LogP contribution in [0.2, 0.25) is 0 Å². The van der Waals surface area contributed by atoms with Crippen LogP contribution in [-0.4, -0.2) is 17.6 Å². The van der Waals surface area contributed by atoms with Gasteiger partial charge in [0.15, 0.2) is 0 Å². The van der Waals surface area contributed by atoms with Crippen molar-refractivity contribution in [1.82, 2.24) is 0 Å². The zero-order valence-corrected chi connectivity index (χ0v) is 13.5. The first kappa shape index (κ1) is 16.1. The lowest BCUT2D eigenvalue weighted by molar-refractivity contribution is -0.137. The Bertz CT molecular complexity index is 781. The number of aliphatic carboxylic acids is 1. The summed E-state index contributed by atoms with van der Waals surface area (Å²) < 4.78 is 0. The number of nitrogens with zero attached hydrogens (tertiary/aromatic N) is 2. The molecule has 0 spiro atoms. The van der Waals surface area contributed by atoms with Crippen LogP contribution in [-0.2, 0) is 4.79 Å². The van der Waals surface area contributed by atoms with Gasteiger partial charge in [-0.2, -0.15) is 5.26 Å². The van der Waals surface area contributed by atoms with E-state index in [1.807, 2.05) is 24.3 Å². The van der Waals surface area contributed by atoms with Crippen molar-refractivity contribution in [2.75, 3.05) is 11.4 Å². The number of fused-ring (bicyclic) bond motifs is 2. The zero-order chi connectivity index (χ0) is 16.9. The van der Waals surface area contributed by atoms with E-state index in [1.54, 1.807) is 0 Å². The van der Waals surface area contributed by atoms with E-state index in [4.69, 9.17) is 5.11 Å². The minimum absolute atomic E-state index is 0.228. The SMILES string of the molecule is N#CC1=C2CC=CC=C2N(CCCCCC(=O)O)c2ccccc21. The molecule has 4 heteroatoms. The van der Waals surface area contributed by atoms with Gasteiger partial charge in [0.1, 0.15) is 6.07 Å². The molecule has 1 N–H and O–H groups in total. The normalized spacial score (nSPS) is 15.5. The Morgan fingerprint density at radius 1 is 1.25 bits per heavy atom. The van der Waals surface area contributed by atoms with Gasteiger partial charge in [-0.3, -0.25) is 4.79 Å². The molecule has 4 nitrogen and oxygen atoms in total. The molecule has 0 amide bonds. The summed E-state index contributed by atoms with van der Waals surface area (Å²) in [6, 6.07) is 10.4. The van der Waals surface area contributed by atoms with Gasteiger partial charge in [-0.05, 0) is 37.0 Å². The van der Waals surface area contributed by atoms with E-state index >= 15 is 0 Å². The molecule has 0 fully saturated rings. The highest BCUT2D eigenvalue weighted by atomic mass is 16.4. The standard InChI is InChI=1S/C20H20N2O2/c21-14-17-15-8-3-5-10-18(15)22(13-7-1-2-12-20(23)24)19-11-6-4-9-16(17)19/h3-6,8,10-11H,1-2,7,9,12-13H2,(H,23,24). The fourth-order valence-corrected chi connectivity index (χ4v) is 3.34. The topological polar surface area (TPSA) is 64.3 Å². The summed E-state index contributed by atoms with van der Waals surface area (Å²) >= 11 is 0. The van der Waals surface area contributed by atoms with Crippen LogP contribution in [0.3, 0.4) is 0 Å². The number of benzene rings is 1. The third kappa shape index (κ3) is 3.11. The summed E-state index contributed by atoms with van der Waals surface area (Å²) in [7, 11) is 0. The van der Waals surface area contributed by atoms with Crippen LogP contribution in [0.1, 0.15) is 37.7 Å². The smallest absolute Gasteiger partial charge is 0.303 e. The third-order valence-corrected chi connectivity index (χ3v) is 4.46. The molecule has 0 radical (unpaired) electrons. The number of rotatable bonds is 6. The Kier molecular flexibility index (Phi) is 4.81. The molecule has 2 aliphatic rings. The average molecular weight is 320 g/mol. The fourth-order valence-electron chi connectivity index (χ4n) is 3.34. The molecule has 24 heavy (non-hydrogen) atoms. The second kappa shape index (κ2) is 7.18. The molecule has 1 aliphatic carbocycles. The first-order valence-corrected chi connectivity index (χ1v) is 8.31. The average Bonchev–Trinajstić information content (AvgIpc) is 2.60. The van der Waals surface area contributed by atoms with E-state index in [1.165, 1.54) is 0 Å². The summed E-state index contributed by atoms with van der Waals surface area (Å²) in [5.74, 6) is -0.734. The van der Waals surface area contributed by atoms with E-state index in [0.29, 0.717) is 6.42 Å². The molecule has 0 bridgehead atoms. The van der Waals surface area contributed by atoms with Crippen molar-refractivity contribution in [1.29, 1.82) is 5.26 Å². The van der Waals surface area contributed by atoms with Gasteiger partial charge in [-0.25, -0.2) is 0 Å². The van der Waals surface area contributed by atoms with Gasteiger partial charge in [-0.1, -0.05) is 36.8 Å². The van der Waals surface area contributed by atoms with Gasteiger partial charge in [0, 0.05) is 29.9 Å². The molecule has 1 aromatic rings. The molecule has 0 atom stereocenters. The number of nitriles is 1. The van der Waals surface area contributed by atoms with Gasteiger partial charge >= 0.3 is 5.97 Å². The Morgan fingerprint density at radius 2 is 2.08 bits per heavy atom. The molecule has 1 aromatic carbocycles. The van der Waals surface area contributed by atoms with Crippen molar-refractivity contribution in [2.45, 2.75) is 32.1 Å². The number of carboxylic acids is 1. The molecule has 1 heterocycles. The number of carboxylic acid groups (broad SMARTS) is 1. The van der Waals surface area contributed by atoms with E-state index in [2.05, 4.69) is 29.2 Å². The number of hydrogen-bond acceptors (Lipinski definition) is 3. The Morgan fingerprint density at radius 3 is 2.88 bits per heavy atom. The molecule has 122 valence electrons. The van der Waals surface area contributed by atoms with Crippen LogP contribution in [0, 0.1) is 11.3 Å². The van der Waals surface area contributed by atoms with Crippen LogP contribution < -0.4 is 4.90 Å². The van der Waals surface area contributed by atoms with E-state index in [-0.39, 0.29) is 6.42 Å². The Balaban J connectivity index is 1.84. The van der Waals surface area contributed by atoms with Crippen LogP contribution in [0.5, 0.6) is 0 Å². The zero-order valence-electron chi connectivity index (χ0n) is 13.5. The van der Waals surface area contributed by atoms with Crippen molar-refractivity contribution >= 4 is 17.2 Å². The molecular formula is C20H20N2O2. The number of para-hydroxylation sites is 1. The number of allylic oxidation sites excluding steroid dienone is 5. The van der Waals surface area contributed by atoms with Gasteiger partial charge in [0.05, 0.1) is 5.57 Å². The molecule has 0 saturated heterocycles. The highest BCUT2D eigenvalue weighted by Crippen LogP contribution is 2.42. The van der Waals surface area contributed by atoms with E-state index in [9.17, 15) is 10.1 Å².